The second kappa shape index (κ2) is 10.0. The Morgan fingerprint density at radius 2 is 1.92 bits per heavy atom. The van der Waals surface area contributed by atoms with E-state index in [1.165, 1.54) is 12.3 Å². The number of pyridine rings is 1. The van der Waals surface area contributed by atoms with E-state index in [2.05, 4.69) is 15.1 Å². The van der Waals surface area contributed by atoms with E-state index in [1.807, 2.05) is 51.6 Å². The lowest BCUT2D eigenvalue weighted by Gasteiger charge is -2.33. The summed E-state index contributed by atoms with van der Waals surface area (Å²) in [6.07, 6.45) is 7.28. The van der Waals surface area contributed by atoms with Gasteiger partial charge in [0.2, 0.25) is 0 Å². The van der Waals surface area contributed by atoms with Crippen LogP contribution >= 0.6 is 0 Å². The predicted molar refractivity (Wildman–Crippen MR) is 138 cm³/mol. The fourth-order valence-electron chi connectivity index (χ4n) is 4.62. The van der Waals surface area contributed by atoms with E-state index in [-0.39, 0.29) is 12.1 Å². The van der Waals surface area contributed by atoms with Gasteiger partial charge >= 0.3 is 12.1 Å². The lowest BCUT2D eigenvalue weighted by Crippen LogP contribution is -2.42. The largest absolute Gasteiger partial charge is 0.455 e. The molecule has 38 heavy (non-hydrogen) atoms. The van der Waals surface area contributed by atoms with Crippen LogP contribution in [0.3, 0.4) is 0 Å². The fraction of sp³-hybridized carbons (Fsp3) is 0.444. The summed E-state index contributed by atoms with van der Waals surface area (Å²) < 4.78 is 28.8. The predicted octanol–water partition coefficient (Wildman–Crippen LogP) is 5.15. The van der Waals surface area contributed by atoms with Crippen molar-refractivity contribution < 1.29 is 18.7 Å². The van der Waals surface area contributed by atoms with Crippen molar-refractivity contribution in [3.05, 3.63) is 60.2 Å². The Morgan fingerprint density at radius 1 is 1.16 bits per heavy atom. The van der Waals surface area contributed by atoms with E-state index >= 15 is 0 Å². The molecule has 200 valence electrons. The number of carbonyl (C=O) groups excluding carboxylic acids is 1. The zero-order chi connectivity index (χ0) is 27.0. The quantitative estimate of drug-likeness (QED) is 0.358. The van der Waals surface area contributed by atoms with Crippen molar-refractivity contribution in [1.29, 1.82) is 0 Å². The summed E-state index contributed by atoms with van der Waals surface area (Å²) in [5, 5.41) is 4.69. The fourth-order valence-corrected chi connectivity index (χ4v) is 4.62. The number of amides is 1. The number of carbonyl (C=O) groups is 1. The Hall–Kier alpha value is -4.02. The summed E-state index contributed by atoms with van der Waals surface area (Å²) in [6.45, 7) is 10.7. The molecule has 0 spiro atoms. The van der Waals surface area contributed by atoms with Crippen molar-refractivity contribution in [2.75, 3.05) is 13.1 Å². The molecule has 0 saturated carbocycles. The van der Waals surface area contributed by atoms with Gasteiger partial charge in [-0.05, 0) is 59.6 Å². The molecule has 1 aliphatic heterocycles. The Bertz CT molecular complexity index is 1430. The average molecular weight is 522 g/mol. The number of halogens is 1. The molecule has 4 aromatic heterocycles. The molecule has 0 aromatic carbocycles. The van der Waals surface area contributed by atoms with Crippen LogP contribution in [0.25, 0.3) is 16.9 Å². The molecule has 1 aliphatic rings. The molecule has 0 N–H and O–H groups in total. The number of hydrogen-bond acceptors (Lipinski definition) is 7. The zero-order valence-corrected chi connectivity index (χ0v) is 22.3. The van der Waals surface area contributed by atoms with E-state index in [1.54, 1.807) is 27.8 Å². The zero-order valence-electron chi connectivity index (χ0n) is 22.3. The van der Waals surface area contributed by atoms with Gasteiger partial charge in [-0.25, -0.2) is 14.2 Å². The van der Waals surface area contributed by atoms with Crippen LogP contribution in [0.2, 0.25) is 0 Å². The minimum Gasteiger partial charge on any atom is -0.455 e. The summed E-state index contributed by atoms with van der Waals surface area (Å²) >= 11 is 0. The Labute approximate surface area is 220 Å². The number of piperidine rings is 1. The maximum Gasteiger partial charge on any atom is 0.410 e. The lowest BCUT2D eigenvalue weighted by molar-refractivity contribution is 0.0184. The van der Waals surface area contributed by atoms with Gasteiger partial charge in [-0.2, -0.15) is 10.1 Å². The van der Waals surface area contributed by atoms with Gasteiger partial charge in [0.15, 0.2) is 0 Å². The third-order valence-corrected chi connectivity index (χ3v) is 6.59. The maximum atomic E-state index is 13.3. The molecule has 4 aromatic rings. The average Bonchev–Trinajstić information content (AvgIpc) is 3.50. The van der Waals surface area contributed by atoms with Crippen LogP contribution in [-0.4, -0.2) is 58.8 Å². The van der Waals surface area contributed by atoms with Crippen LogP contribution in [0.15, 0.2) is 43.0 Å². The molecule has 5 heterocycles. The molecule has 0 radical (unpaired) electrons. The molecular formula is C27H32FN7O3. The molecule has 1 atom stereocenters. The molecule has 11 heteroatoms. The minimum absolute atomic E-state index is 0.165. The monoisotopic (exact) mass is 521 g/mol. The highest BCUT2D eigenvalue weighted by molar-refractivity contribution is 5.68. The number of nitrogens with zero attached hydrogens (tertiary/aromatic N) is 7. The summed E-state index contributed by atoms with van der Waals surface area (Å²) in [6, 6.07) is 5.36. The Kier molecular flexibility index (Phi) is 6.77. The third kappa shape index (κ3) is 5.32. The summed E-state index contributed by atoms with van der Waals surface area (Å²) in [5.41, 5.74) is 3.30. The van der Waals surface area contributed by atoms with Crippen molar-refractivity contribution in [2.45, 2.75) is 65.2 Å². The highest BCUT2D eigenvalue weighted by Gasteiger charge is 2.29. The number of hydrogen-bond donors (Lipinski definition) is 0. The van der Waals surface area contributed by atoms with Crippen molar-refractivity contribution in [3.8, 4) is 17.3 Å². The van der Waals surface area contributed by atoms with Crippen LogP contribution in [0.4, 0.5) is 9.18 Å². The van der Waals surface area contributed by atoms with E-state index in [4.69, 9.17) is 14.5 Å². The summed E-state index contributed by atoms with van der Waals surface area (Å²) in [7, 11) is 0. The summed E-state index contributed by atoms with van der Waals surface area (Å²) in [5.74, 6) is -0.402. The van der Waals surface area contributed by atoms with Gasteiger partial charge in [0.1, 0.15) is 23.2 Å². The van der Waals surface area contributed by atoms with Crippen LogP contribution in [0.5, 0.6) is 6.01 Å². The van der Waals surface area contributed by atoms with Crippen molar-refractivity contribution in [3.63, 3.8) is 0 Å². The van der Waals surface area contributed by atoms with E-state index < -0.39 is 17.5 Å². The van der Waals surface area contributed by atoms with Crippen LogP contribution in [0.1, 0.15) is 64.1 Å². The maximum absolute atomic E-state index is 13.3. The van der Waals surface area contributed by atoms with Gasteiger partial charge in [-0.3, -0.25) is 14.1 Å². The molecule has 0 bridgehead atoms. The topological polar surface area (TPSA) is 99.7 Å². The van der Waals surface area contributed by atoms with E-state index in [0.29, 0.717) is 36.1 Å². The highest BCUT2D eigenvalue weighted by atomic mass is 19.1. The van der Waals surface area contributed by atoms with Gasteiger partial charge in [-0.15, -0.1) is 0 Å². The number of imidazole rings is 1. The first-order valence-corrected chi connectivity index (χ1v) is 12.7. The number of rotatable bonds is 5. The van der Waals surface area contributed by atoms with Gasteiger partial charge in [0.25, 0.3) is 0 Å². The SMILES string of the molecule is Cc1c(-c2cc3nccn3c(O[C@H](C)c3ccc(F)cn3)n2)cnn1C1CCN(C(=O)OC(C)(C)C)CC1. The number of aromatic nitrogens is 6. The van der Waals surface area contributed by atoms with Gasteiger partial charge in [-0.1, -0.05) is 0 Å². The van der Waals surface area contributed by atoms with Crippen LogP contribution in [-0.2, 0) is 4.74 Å². The molecule has 5 rings (SSSR count). The second-order valence-corrected chi connectivity index (χ2v) is 10.5. The second-order valence-electron chi connectivity index (χ2n) is 10.5. The van der Waals surface area contributed by atoms with Crippen LogP contribution in [0, 0.1) is 12.7 Å². The lowest BCUT2D eigenvalue weighted by atomic mass is 10.0. The standard InChI is InChI=1S/C27H32FN7O3/c1-17-21(16-31-35(17)20-8-11-33(12-9-20)26(36)38-27(3,4)5)23-14-24-29-10-13-34(24)25(32-23)37-18(2)22-7-6-19(28)15-30-22/h6-7,10,13-16,18,20H,8-9,11-12H2,1-5H3/t18-/m1/s1. The molecule has 1 saturated heterocycles. The van der Waals surface area contributed by atoms with Crippen LogP contribution < -0.4 is 4.74 Å². The number of fused-ring (bicyclic) bond motifs is 1. The molecule has 0 unspecified atom stereocenters. The smallest absolute Gasteiger partial charge is 0.410 e. The van der Waals surface area contributed by atoms with E-state index in [0.717, 1.165) is 24.1 Å². The minimum atomic E-state index is -0.514. The van der Waals surface area contributed by atoms with Gasteiger partial charge < -0.3 is 14.4 Å². The third-order valence-electron chi connectivity index (χ3n) is 6.59. The van der Waals surface area contributed by atoms with Crippen molar-refractivity contribution in [1.82, 2.24) is 34.0 Å². The molecule has 10 nitrogen and oxygen atoms in total. The Morgan fingerprint density at radius 3 is 2.61 bits per heavy atom. The number of likely N-dealkylation sites (tertiary alicyclic amines) is 1. The Balaban J connectivity index is 1.35. The van der Waals surface area contributed by atoms with Crippen molar-refractivity contribution in [2.24, 2.45) is 0 Å². The normalized spacial score (nSPS) is 15.6. The molecule has 1 fully saturated rings. The molecule has 1 amide bonds. The summed E-state index contributed by atoms with van der Waals surface area (Å²) in [4.78, 5) is 27.6. The first-order chi connectivity index (χ1) is 18.1. The van der Waals surface area contributed by atoms with Gasteiger partial charge in [0.05, 0.1) is 29.8 Å². The first-order valence-electron chi connectivity index (χ1n) is 12.7. The van der Waals surface area contributed by atoms with Gasteiger partial charge in [0, 0.05) is 42.8 Å². The number of ether oxygens (including phenoxy) is 2. The van der Waals surface area contributed by atoms with Crippen molar-refractivity contribution >= 4 is 11.7 Å². The highest BCUT2D eigenvalue weighted by Crippen LogP contribution is 2.31. The molecule has 0 aliphatic carbocycles. The molecular weight excluding hydrogens is 489 g/mol. The first kappa shape index (κ1) is 25.6. The van der Waals surface area contributed by atoms with E-state index in [9.17, 15) is 9.18 Å².